The minimum absolute atomic E-state index is 0.133. The van der Waals surface area contributed by atoms with Gasteiger partial charge in [0.05, 0.1) is 6.54 Å². The maximum Gasteiger partial charge on any atom is 0.261 e. The molecule has 0 spiro atoms. The summed E-state index contributed by atoms with van der Waals surface area (Å²) >= 11 is 0. The fourth-order valence-corrected chi connectivity index (χ4v) is 3.70. The van der Waals surface area contributed by atoms with Crippen LogP contribution in [0.15, 0.2) is 24.3 Å². The van der Waals surface area contributed by atoms with Gasteiger partial charge in [0.25, 0.3) is 5.91 Å². The van der Waals surface area contributed by atoms with Crippen LogP contribution in [0.5, 0.6) is 5.75 Å². The number of piperidine rings is 1. The first-order valence-electron chi connectivity index (χ1n) is 10.3. The van der Waals surface area contributed by atoms with Gasteiger partial charge in [0.1, 0.15) is 5.75 Å². The van der Waals surface area contributed by atoms with Gasteiger partial charge in [-0.25, -0.2) is 0 Å². The smallest absolute Gasteiger partial charge is 0.261 e. The molecule has 0 radical (unpaired) electrons. The first-order chi connectivity index (χ1) is 14.1. The third-order valence-corrected chi connectivity index (χ3v) is 5.33. The Morgan fingerprint density at radius 3 is 2.76 bits per heavy atom. The van der Waals surface area contributed by atoms with Gasteiger partial charge >= 0.3 is 0 Å². The van der Waals surface area contributed by atoms with Crippen LogP contribution >= 0.6 is 0 Å². The highest BCUT2D eigenvalue weighted by Crippen LogP contribution is 2.27. The number of ether oxygens (including phenoxy) is 1. The average Bonchev–Trinajstić information content (AvgIpc) is 2.77. The number of nitrogens with one attached hydrogen (secondary N) is 1. The number of benzene rings is 1. The minimum atomic E-state index is -0.485. The lowest BCUT2D eigenvalue weighted by molar-refractivity contribution is -0.128. The summed E-state index contributed by atoms with van der Waals surface area (Å²) in [5, 5.41) is 2.94. The van der Waals surface area contributed by atoms with E-state index in [0.29, 0.717) is 24.1 Å². The molecule has 0 unspecified atom stereocenters. The van der Waals surface area contributed by atoms with Crippen LogP contribution in [0.2, 0.25) is 0 Å². The normalized spacial score (nSPS) is 18.6. The number of fused-ring (bicyclic) bond motifs is 1. The zero-order valence-electron chi connectivity index (χ0n) is 17.1. The number of hydrogen-bond donors (Lipinski definition) is 1. The van der Waals surface area contributed by atoms with Crippen molar-refractivity contribution in [2.24, 2.45) is 0 Å². The molecule has 8 heteroatoms. The molecule has 154 valence electrons. The fourth-order valence-electron chi connectivity index (χ4n) is 3.70. The molecule has 1 atom stereocenters. The van der Waals surface area contributed by atoms with E-state index >= 15 is 0 Å². The highest BCUT2D eigenvalue weighted by atomic mass is 16.5. The predicted octanol–water partition coefficient (Wildman–Crippen LogP) is 1.94. The lowest BCUT2D eigenvalue weighted by Gasteiger charge is -2.27. The topological polar surface area (TPSA) is 83.5 Å². The second kappa shape index (κ2) is 8.63. The number of aromatic nitrogens is 3. The summed E-state index contributed by atoms with van der Waals surface area (Å²) in [5.41, 5.74) is 1.15. The molecule has 2 aromatic rings. The summed E-state index contributed by atoms with van der Waals surface area (Å²) in [6.45, 7) is 2.17. The third kappa shape index (κ3) is 4.58. The van der Waals surface area contributed by atoms with Crippen LogP contribution in [0.3, 0.4) is 0 Å². The van der Waals surface area contributed by atoms with E-state index in [9.17, 15) is 4.79 Å². The SMILES string of the molecule is CN(C)c1nc(CNC(=O)[C@H]2CCc3ccccc3O2)nc(N2CCCCC2)n1. The van der Waals surface area contributed by atoms with E-state index in [1.54, 1.807) is 0 Å². The van der Waals surface area contributed by atoms with Gasteiger partial charge in [-0.1, -0.05) is 18.2 Å². The molecule has 1 saturated heterocycles. The molecule has 1 fully saturated rings. The zero-order chi connectivity index (χ0) is 20.2. The number of amides is 1. The summed E-state index contributed by atoms with van der Waals surface area (Å²) in [6, 6.07) is 7.87. The maximum absolute atomic E-state index is 12.7. The maximum atomic E-state index is 12.7. The van der Waals surface area contributed by atoms with Gasteiger partial charge in [-0.2, -0.15) is 15.0 Å². The van der Waals surface area contributed by atoms with Gasteiger partial charge in [-0.3, -0.25) is 4.79 Å². The predicted molar refractivity (Wildman–Crippen MR) is 111 cm³/mol. The molecule has 4 rings (SSSR count). The Hall–Kier alpha value is -2.90. The Balaban J connectivity index is 1.43. The third-order valence-electron chi connectivity index (χ3n) is 5.33. The molecule has 3 heterocycles. The number of para-hydroxylation sites is 1. The number of rotatable bonds is 5. The van der Waals surface area contributed by atoms with Crippen LogP contribution in [0, 0.1) is 0 Å². The Bertz CT molecular complexity index is 866. The molecule has 29 heavy (non-hydrogen) atoms. The van der Waals surface area contributed by atoms with Crippen molar-refractivity contribution in [1.29, 1.82) is 0 Å². The molecule has 2 aliphatic heterocycles. The van der Waals surface area contributed by atoms with E-state index in [-0.39, 0.29) is 12.5 Å². The average molecular weight is 396 g/mol. The summed E-state index contributed by atoms with van der Waals surface area (Å²) in [5.74, 6) is 2.52. The first kappa shape index (κ1) is 19.4. The Labute approximate surface area is 171 Å². The Morgan fingerprint density at radius 1 is 1.17 bits per heavy atom. The van der Waals surface area contributed by atoms with Gasteiger partial charge in [0.15, 0.2) is 11.9 Å². The standard InChI is InChI=1S/C21H28N6O2/c1-26(2)20-23-18(24-21(25-20)27-12-6-3-7-13-27)14-22-19(28)17-11-10-15-8-4-5-9-16(15)29-17/h4-5,8-9,17H,3,6-7,10-14H2,1-2H3,(H,22,28)/t17-/m1/s1. The van der Waals surface area contributed by atoms with Crippen LogP contribution in [-0.4, -0.2) is 54.1 Å². The van der Waals surface area contributed by atoms with E-state index in [4.69, 9.17) is 4.74 Å². The molecule has 2 aliphatic rings. The number of anilines is 2. The van der Waals surface area contributed by atoms with E-state index < -0.39 is 6.10 Å². The fraction of sp³-hybridized carbons (Fsp3) is 0.524. The highest BCUT2D eigenvalue weighted by Gasteiger charge is 2.26. The zero-order valence-corrected chi connectivity index (χ0v) is 17.1. The molecule has 8 nitrogen and oxygen atoms in total. The molecule has 1 amide bonds. The van der Waals surface area contributed by atoms with E-state index in [1.165, 1.54) is 6.42 Å². The molecule has 0 bridgehead atoms. The van der Waals surface area contributed by atoms with Crippen LogP contribution in [-0.2, 0) is 17.8 Å². The van der Waals surface area contributed by atoms with Crippen molar-refractivity contribution < 1.29 is 9.53 Å². The molecule has 1 aromatic heterocycles. The van der Waals surface area contributed by atoms with Crippen molar-refractivity contribution in [2.75, 3.05) is 37.0 Å². The van der Waals surface area contributed by atoms with Crippen molar-refractivity contribution >= 4 is 17.8 Å². The number of nitrogens with zero attached hydrogens (tertiary/aromatic N) is 5. The summed E-state index contributed by atoms with van der Waals surface area (Å²) in [4.78, 5) is 30.4. The van der Waals surface area contributed by atoms with Crippen LogP contribution in [0.1, 0.15) is 37.1 Å². The lowest BCUT2D eigenvalue weighted by atomic mass is 10.0. The first-order valence-corrected chi connectivity index (χ1v) is 10.3. The number of carbonyl (C=O) groups excluding carboxylic acids is 1. The summed E-state index contributed by atoms with van der Waals surface area (Å²) in [6.07, 6.45) is 4.56. The van der Waals surface area contributed by atoms with Gasteiger partial charge in [0, 0.05) is 27.2 Å². The quantitative estimate of drug-likeness (QED) is 0.827. The Kier molecular flexibility index (Phi) is 5.78. The molecule has 0 saturated carbocycles. The van der Waals surface area contributed by atoms with Crippen LogP contribution in [0.25, 0.3) is 0 Å². The van der Waals surface area contributed by atoms with Crippen LogP contribution < -0.4 is 19.9 Å². The molecule has 1 N–H and O–H groups in total. The Morgan fingerprint density at radius 2 is 1.97 bits per heavy atom. The van der Waals surface area contributed by atoms with Gasteiger partial charge in [0.2, 0.25) is 11.9 Å². The van der Waals surface area contributed by atoms with E-state index in [0.717, 1.165) is 43.7 Å². The van der Waals surface area contributed by atoms with Crippen molar-refractivity contribution in [2.45, 2.75) is 44.8 Å². The van der Waals surface area contributed by atoms with Crippen molar-refractivity contribution in [3.05, 3.63) is 35.7 Å². The molecule has 0 aliphatic carbocycles. The van der Waals surface area contributed by atoms with Crippen molar-refractivity contribution in [1.82, 2.24) is 20.3 Å². The van der Waals surface area contributed by atoms with Gasteiger partial charge in [-0.05, 0) is 43.7 Å². The molecular formula is C21H28N6O2. The van der Waals surface area contributed by atoms with E-state index in [1.807, 2.05) is 43.3 Å². The second-order valence-electron chi connectivity index (χ2n) is 7.76. The number of carbonyl (C=O) groups is 1. The van der Waals surface area contributed by atoms with Gasteiger partial charge < -0.3 is 19.9 Å². The number of hydrogen-bond acceptors (Lipinski definition) is 7. The second-order valence-corrected chi connectivity index (χ2v) is 7.76. The monoisotopic (exact) mass is 396 g/mol. The number of aryl methyl sites for hydroxylation is 1. The highest BCUT2D eigenvalue weighted by molar-refractivity contribution is 5.81. The van der Waals surface area contributed by atoms with E-state index in [2.05, 4.69) is 25.2 Å². The van der Waals surface area contributed by atoms with Gasteiger partial charge in [-0.15, -0.1) is 0 Å². The minimum Gasteiger partial charge on any atom is -0.480 e. The lowest BCUT2D eigenvalue weighted by Crippen LogP contribution is -2.40. The largest absolute Gasteiger partial charge is 0.480 e. The molecular weight excluding hydrogens is 368 g/mol. The van der Waals surface area contributed by atoms with Crippen molar-refractivity contribution in [3.8, 4) is 5.75 Å². The van der Waals surface area contributed by atoms with Crippen molar-refractivity contribution in [3.63, 3.8) is 0 Å². The summed E-state index contributed by atoms with van der Waals surface area (Å²) in [7, 11) is 3.82. The molecule has 1 aromatic carbocycles. The summed E-state index contributed by atoms with van der Waals surface area (Å²) < 4.78 is 5.88. The van der Waals surface area contributed by atoms with Crippen LogP contribution in [0.4, 0.5) is 11.9 Å².